The minimum atomic E-state index is -0.809. The molecule has 2 aromatic carbocycles. The molecule has 0 spiro atoms. The second-order valence-corrected chi connectivity index (χ2v) is 5.19. The van der Waals surface area contributed by atoms with Gasteiger partial charge in [-0.05, 0) is 24.3 Å². The van der Waals surface area contributed by atoms with E-state index in [-0.39, 0.29) is 27.4 Å². The summed E-state index contributed by atoms with van der Waals surface area (Å²) in [7, 11) is 1.12. The van der Waals surface area contributed by atoms with Crippen molar-refractivity contribution in [1.82, 2.24) is 0 Å². The molecule has 0 atom stereocenters. The van der Waals surface area contributed by atoms with Gasteiger partial charge < -0.3 is 10.1 Å². The lowest BCUT2D eigenvalue weighted by Gasteiger charge is -2.08. The van der Waals surface area contributed by atoms with Crippen LogP contribution < -0.4 is 5.32 Å². The Labute approximate surface area is 146 Å². The average molecular weight is 360 g/mol. The highest BCUT2D eigenvalue weighted by Crippen LogP contribution is 2.22. The Morgan fingerprint density at radius 3 is 2.52 bits per heavy atom. The number of hydrogen-bond acceptors (Lipinski definition) is 6. The zero-order chi connectivity index (χ0) is 18.6. The minimum Gasteiger partial charge on any atom is -0.465 e. The maximum atomic E-state index is 12.3. The molecule has 0 fully saturated rings. The number of nitro groups is 1. The minimum absolute atomic E-state index is 0.108. The summed E-state index contributed by atoms with van der Waals surface area (Å²) in [5.74, 6) is -1.50. The predicted molar refractivity (Wildman–Crippen MR) is 88.6 cm³/mol. The Kier molecular flexibility index (Phi) is 5.31. The van der Waals surface area contributed by atoms with Crippen LogP contribution in [0.5, 0.6) is 0 Å². The molecule has 0 saturated heterocycles. The maximum absolute atomic E-state index is 12.3. The van der Waals surface area contributed by atoms with Crippen molar-refractivity contribution in [2.75, 3.05) is 12.4 Å². The number of halogens is 1. The van der Waals surface area contributed by atoms with Gasteiger partial charge in [-0.15, -0.1) is 0 Å². The van der Waals surface area contributed by atoms with Crippen LogP contribution in [0.25, 0.3) is 0 Å². The van der Waals surface area contributed by atoms with E-state index >= 15 is 0 Å². The number of nitriles is 1. The van der Waals surface area contributed by atoms with E-state index in [1.54, 1.807) is 0 Å². The van der Waals surface area contributed by atoms with Gasteiger partial charge in [0, 0.05) is 23.4 Å². The second kappa shape index (κ2) is 7.42. The van der Waals surface area contributed by atoms with Gasteiger partial charge in [-0.1, -0.05) is 11.6 Å². The van der Waals surface area contributed by atoms with Gasteiger partial charge in [0.2, 0.25) is 0 Å². The Bertz CT molecular complexity index is 920. The van der Waals surface area contributed by atoms with E-state index in [4.69, 9.17) is 16.9 Å². The third-order valence-corrected chi connectivity index (χ3v) is 3.49. The summed E-state index contributed by atoms with van der Waals surface area (Å²) in [6, 6.07) is 9.36. The van der Waals surface area contributed by atoms with Crippen molar-refractivity contribution in [2.24, 2.45) is 0 Å². The van der Waals surface area contributed by atoms with E-state index in [2.05, 4.69) is 10.1 Å². The second-order valence-electron chi connectivity index (χ2n) is 4.78. The number of rotatable bonds is 4. The number of esters is 1. The van der Waals surface area contributed by atoms with Gasteiger partial charge in [-0.2, -0.15) is 5.26 Å². The number of hydrogen-bond donors (Lipinski definition) is 1. The topological polar surface area (TPSA) is 122 Å². The zero-order valence-electron chi connectivity index (χ0n) is 12.8. The van der Waals surface area contributed by atoms with Crippen LogP contribution in [0.1, 0.15) is 26.3 Å². The third-order valence-electron chi connectivity index (χ3n) is 3.16. The summed E-state index contributed by atoms with van der Waals surface area (Å²) in [6.45, 7) is 0. The molecule has 0 radical (unpaired) electrons. The Balaban J connectivity index is 2.38. The van der Waals surface area contributed by atoms with Crippen LogP contribution in [0.2, 0.25) is 5.02 Å². The molecule has 0 aromatic heterocycles. The van der Waals surface area contributed by atoms with Crippen LogP contribution in [0.15, 0.2) is 36.4 Å². The number of ether oxygens (including phenoxy) is 1. The fourth-order valence-electron chi connectivity index (χ4n) is 1.98. The highest BCUT2D eigenvalue weighted by molar-refractivity contribution is 6.31. The van der Waals surface area contributed by atoms with Gasteiger partial charge in [-0.25, -0.2) is 4.79 Å². The van der Waals surface area contributed by atoms with Crippen molar-refractivity contribution in [3.63, 3.8) is 0 Å². The molecule has 0 unspecified atom stereocenters. The number of non-ortho nitro benzene ring substituents is 1. The highest BCUT2D eigenvalue weighted by atomic mass is 35.5. The molecule has 2 rings (SSSR count). The van der Waals surface area contributed by atoms with Crippen LogP contribution in [-0.4, -0.2) is 23.9 Å². The number of benzene rings is 2. The fraction of sp³-hybridized carbons (Fsp3) is 0.0625. The first-order valence-corrected chi connectivity index (χ1v) is 7.12. The van der Waals surface area contributed by atoms with Gasteiger partial charge in [-0.3, -0.25) is 14.9 Å². The summed E-state index contributed by atoms with van der Waals surface area (Å²) in [4.78, 5) is 34.2. The van der Waals surface area contributed by atoms with E-state index in [0.29, 0.717) is 0 Å². The van der Waals surface area contributed by atoms with Gasteiger partial charge in [0.05, 0.1) is 28.2 Å². The van der Waals surface area contributed by atoms with Crippen molar-refractivity contribution in [2.45, 2.75) is 0 Å². The summed E-state index contributed by atoms with van der Waals surface area (Å²) >= 11 is 5.82. The molecular formula is C16H10ClN3O5. The zero-order valence-corrected chi connectivity index (χ0v) is 13.5. The lowest BCUT2D eigenvalue weighted by molar-refractivity contribution is -0.384. The number of methoxy groups -OCH3 is 1. The molecule has 1 N–H and O–H groups in total. The molecule has 0 bridgehead atoms. The Morgan fingerprint density at radius 1 is 1.24 bits per heavy atom. The summed E-state index contributed by atoms with van der Waals surface area (Å²) < 4.78 is 4.52. The first-order valence-electron chi connectivity index (χ1n) is 6.74. The molecule has 126 valence electrons. The summed E-state index contributed by atoms with van der Waals surface area (Å²) in [6.07, 6.45) is 0. The van der Waals surface area contributed by atoms with Crippen LogP contribution in [0.3, 0.4) is 0 Å². The highest BCUT2D eigenvalue weighted by Gasteiger charge is 2.18. The Hall–Kier alpha value is -3.44. The molecular weight excluding hydrogens is 350 g/mol. The fourth-order valence-corrected chi connectivity index (χ4v) is 2.14. The number of nitro benzene ring substituents is 1. The Morgan fingerprint density at radius 2 is 1.92 bits per heavy atom. The largest absolute Gasteiger partial charge is 0.465 e. The third kappa shape index (κ3) is 4.10. The molecule has 25 heavy (non-hydrogen) atoms. The van der Waals surface area contributed by atoms with E-state index in [1.165, 1.54) is 24.3 Å². The number of nitrogens with zero attached hydrogens (tertiary/aromatic N) is 2. The van der Waals surface area contributed by atoms with Crippen LogP contribution in [0, 0.1) is 21.4 Å². The van der Waals surface area contributed by atoms with Crippen molar-refractivity contribution >= 4 is 34.9 Å². The molecule has 0 aliphatic carbocycles. The quantitative estimate of drug-likeness (QED) is 0.508. The lowest BCUT2D eigenvalue weighted by Crippen LogP contribution is -2.14. The molecule has 0 heterocycles. The normalized spacial score (nSPS) is 9.80. The SMILES string of the molecule is COC(=O)c1cc(C(=O)Nc2ccc(Cl)c(C#N)c2)cc([N+](=O)[O-])c1. The van der Waals surface area contributed by atoms with Crippen molar-refractivity contribution in [3.05, 3.63) is 68.2 Å². The van der Waals surface area contributed by atoms with E-state index in [9.17, 15) is 19.7 Å². The van der Waals surface area contributed by atoms with Gasteiger partial charge in [0.15, 0.2) is 0 Å². The monoisotopic (exact) mass is 359 g/mol. The summed E-state index contributed by atoms with van der Waals surface area (Å²) in [5, 5.41) is 22.6. The molecule has 0 aliphatic rings. The number of carbonyl (C=O) groups is 2. The van der Waals surface area contributed by atoms with Gasteiger partial charge >= 0.3 is 5.97 Å². The van der Waals surface area contributed by atoms with Gasteiger partial charge in [0.25, 0.3) is 11.6 Å². The molecule has 0 saturated carbocycles. The van der Waals surface area contributed by atoms with Crippen LogP contribution >= 0.6 is 11.6 Å². The van der Waals surface area contributed by atoms with Crippen LogP contribution in [-0.2, 0) is 4.74 Å². The molecule has 9 heteroatoms. The van der Waals surface area contributed by atoms with E-state index in [1.807, 2.05) is 6.07 Å². The van der Waals surface area contributed by atoms with Crippen molar-refractivity contribution in [3.8, 4) is 6.07 Å². The maximum Gasteiger partial charge on any atom is 0.338 e. The van der Waals surface area contributed by atoms with Crippen molar-refractivity contribution < 1.29 is 19.2 Å². The van der Waals surface area contributed by atoms with Crippen molar-refractivity contribution in [1.29, 1.82) is 5.26 Å². The molecule has 2 aromatic rings. The van der Waals surface area contributed by atoms with Gasteiger partial charge in [0.1, 0.15) is 6.07 Å². The molecule has 0 aliphatic heterocycles. The first-order chi connectivity index (χ1) is 11.8. The predicted octanol–water partition coefficient (Wildman–Crippen LogP) is 3.16. The molecule has 1 amide bonds. The average Bonchev–Trinajstić information content (AvgIpc) is 2.61. The first kappa shape index (κ1) is 17.9. The van der Waals surface area contributed by atoms with Crippen LogP contribution in [0.4, 0.5) is 11.4 Å². The number of carbonyl (C=O) groups excluding carboxylic acids is 2. The van der Waals surface area contributed by atoms with E-state index < -0.39 is 22.5 Å². The van der Waals surface area contributed by atoms with E-state index in [0.717, 1.165) is 19.2 Å². The molecule has 8 nitrogen and oxygen atoms in total. The number of amides is 1. The number of anilines is 1. The smallest absolute Gasteiger partial charge is 0.338 e. The lowest BCUT2D eigenvalue weighted by atomic mass is 10.1. The summed E-state index contributed by atoms with van der Waals surface area (Å²) in [5.41, 5.74) is -0.230. The standard InChI is InChI=1S/C16H10ClN3O5/c1-25-16(22)10-4-9(6-13(7-10)20(23)24)15(21)19-12-2-3-14(17)11(5-12)8-18/h2-7H,1H3,(H,19,21). The number of nitrogens with one attached hydrogen (secondary N) is 1.